The Labute approximate surface area is 165 Å². The van der Waals surface area contributed by atoms with Crippen molar-refractivity contribution in [1.29, 1.82) is 0 Å². The monoisotopic (exact) mass is 434 g/mol. The van der Waals surface area contributed by atoms with Gasteiger partial charge in [0.1, 0.15) is 10.3 Å². The molecule has 2 atom stereocenters. The molecule has 3 rings (SSSR count). The lowest BCUT2D eigenvalue weighted by molar-refractivity contribution is 0.218. The smallest absolute Gasteiger partial charge is 0.275 e. The SMILES string of the molecule is C=C/C=C(\C=C/C)[C@H]1C[C@@H](Nc2nc3sccn3c(=O)c2Br)CN(C)C1. The molecule has 0 unspecified atom stereocenters. The van der Waals surface area contributed by atoms with Crippen LogP contribution in [0.5, 0.6) is 0 Å². The van der Waals surface area contributed by atoms with E-state index in [2.05, 4.69) is 63.0 Å². The van der Waals surface area contributed by atoms with Crippen LogP contribution in [0, 0.1) is 5.92 Å². The Morgan fingerprint density at radius 1 is 1.50 bits per heavy atom. The van der Waals surface area contributed by atoms with E-state index >= 15 is 0 Å². The van der Waals surface area contributed by atoms with Crippen LogP contribution in [0.2, 0.25) is 0 Å². The van der Waals surface area contributed by atoms with Crippen LogP contribution in [0.3, 0.4) is 0 Å². The molecule has 0 spiro atoms. The van der Waals surface area contributed by atoms with Gasteiger partial charge in [0.25, 0.3) is 5.56 Å². The van der Waals surface area contributed by atoms with E-state index in [0.717, 1.165) is 19.5 Å². The van der Waals surface area contributed by atoms with Gasteiger partial charge in [0, 0.05) is 30.7 Å². The number of allylic oxidation sites excluding steroid dienone is 4. The van der Waals surface area contributed by atoms with Gasteiger partial charge in [-0.05, 0) is 47.8 Å². The molecule has 0 aromatic carbocycles. The first kappa shape index (κ1) is 19.1. The summed E-state index contributed by atoms with van der Waals surface area (Å²) in [4.78, 5) is 20.1. The van der Waals surface area contributed by atoms with Gasteiger partial charge in [0.05, 0.1) is 0 Å². The highest BCUT2D eigenvalue weighted by atomic mass is 79.9. The normalized spacial score (nSPS) is 22.2. The molecule has 5 nitrogen and oxygen atoms in total. The van der Waals surface area contributed by atoms with Gasteiger partial charge in [0.2, 0.25) is 0 Å². The number of halogens is 1. The molecular formula is C19H23BrN4OS. The van der Waals surface area contributed by atoms with Gasteiger partial charge in [0.15, 0.2) is 4.96 Å². The second-order valence-corrected chi connectivity index (χ2v) is 8.20. The topological polar surface area (TPSA) is 49.6 Å². The minimum absolute atomic E-state index is 0.0828. The summed E-state index contributed by atoms with van der Waals surface area (Å²) in [5, 5.41) is 5.36. The Morgan fingerprint density at radius 2 is 2.31 bits per heavy atom. The van der Waals surface area contributed by atoms with Crippen molar-refractivity contribution in [3.8, 4) is 0 Å². The van der Waals surface area contributed by atoms with Crippen LogP contribution in [0.1, 0.15) is 13.3 Å². The lowest BCUT2D eigenvalue weighted by atomic mass is 9.87. The zero-order valence-corrected chi connectivity index (χ0v) is 17.4. The minimum Gasteiger partial charge on any atom is -0.365 e. The van der Waals surface area contributed by atoms with E-state index in [4.69, 9.17) is 0 Å². The van der Waals surface area contributed by atoms with Crippen molar-refractivity contribution in [2.45, 2.75) is 19.4 Å². The van der Waals surface area contributed by atoms with E-state index in [0.29, 0.717) is 21.2 Å². The van der Waals surface area contributed by atoms with E-state index in [1.807, 2.05) is 18.4 Å². The first-order valence-electron chi connectivity index (χ1n) is 8.59. The number of nitrogens with zero attached hydrogens (tertiary/aromatic N) is 3. The van der Waals surface area contributed by atoms with Crippen LogP contribution in [0.15, 0.2) is 57.3 Å². The fourth-order valence-corrected chi connectivity index (χ4v) is 4.57. The number of hydrogen-bond acceptors (Lipinski definition) is 5. The van der Waals surface area contributed by atoms with E-state index in [1.54, 1.807) is 10.6 Å². The Bertz CT molecular complexity index is 914. The molecule has 2 aromatic rings. The molecule has 0 aliphatic carbocycles. The molecule has 1 aliphatic heterocycles. The lowest BCUT2D eigenvalue weighted by Gasteiger charge is -2.37. The second kappa shape index (κ2) is 8.33. The molecule has 1 aliphatic rings. The zero-order chi connectivity index (χ0) is 18.7. The number of likely N-dealkylation sites (tertiary alicyclic amines) is 1. The van der Waals surface area contributed by atoms with E-state index in [9.17, 15) is 4.79 Å². The molecule has 1 saturated heterocycles. The standard InChI is InChI=1S/C19H23BrN4OS/c1-4-6-13(7-5-2)14-10-15(12-23(3)11-14)21-17-16(20)18(25)24-8-9-26-19(24)22-17/h4-9,14-15,21H,1,10-12H2,2-3H3/b7-5-,13-6+/t14-,15+/m0/s1. The number of aromatic nitrogens is 2. The van der Waals surface area contributed by atoms with Crippen LogP contribution >= 0.6 is 27.3 Å². The number of nitrogens with one attached hydrogen (secondary N) is 1. The summed E-state index contributed by atoms with van der Waals surface area (Å²) in [5.41, 5.74) is 1.20. The van der Waals surface area contributed by atoms with Gasteiger partial charge in [-0.3, -0.25) is 9.20 Å². The highest BCUT2D eigenvalue weighted by molar-refractivity contribution is 9.10. The zero-order valence-electron chi connectivity index (χ0n) is 15.0. The number of hydrogen-bond donors (Lipinski definition) is 1. The maximum absolute atomic E-state index is 12.5. The Balaban J connectivity index is 1.85. The molecular weight excluding hydrogens is 412 g/mol. The fourth-order valence-electron chi connectivity index (χ4n) is 3.47. The quantitative estimate of drug-likeness (QED) is 0.723. The number of likely N-dealkylation sites (N-methyl/N-ethyl adjacent to an activating group) is 1. The molecule has 1 N–H and O–H groups in total. The van der Waals surface area contributed by atoms with Crippen molar-refractivity contribution in [3.05, 3.63) is 62.9 Å². The number of piperidine rings is 1. The second-order valence-electron chi connectivity index (χ2n) is 6.53. The first-order chi connectivity index (χ1) is 12.5. The Kier molecular flexibility index (Phi) is 6.11. The summed E-state index contributed by atoms with van der Waals surface area (Å²) in [7, 11) is 2.13. The average Bonchev–Trinajstić information content (AvgIpc) is 3.07. The van der Waals surface area contributed by atoms with Gasteiger partial charge in [-0.25, -0.2) is 4.98 Å². The van der Waals surface area contributed by atoms with Gasteiger partial charge >= 0.3 is 0 Å². The van der Waals surface area contributed by atoms with Crippen LogP contribution in [-0.4, -0.2) is 40.5 Å². The Hall–Kier alpha value is -1.70. The molecule has 0 bridgehead atoms. The van der Waals surface area contributed by atoms with Crippen molar-refractivity contribution < 1.29 is 0 Å². The highest BCUT2D eigenvalue weighted by Crippen LogP contribution is 2.27. The van der Waals surface area contributed by atoms with Crippen molar-refractivity contribution >= 4 is 38.0 Å². The van der Waals surface area contributed by atoms with Gasteiger partial charge < -0.3 is 10.2 Å². The molecule has 0 saturated carbocycles. The summed E-state index contributed by atoms with van der Waals surface area (Å²) in [6.45, 7) is 7.78. The summed E-state index contributed by atoms with van der Waals surface area (Å²) in [6.07, 6.45) is 10.9. The van der Waals surface area contributed by atoms with Crippen molar-refractivity contribution in [3.63, 3.8) is 0 Å². The van der Waals surface area contributed by atoms with Crippen LogP contribution in [0.4, 0.5) is 5.82 Å². The molecule has 0 radical (unpaired) electrons. The van der Waals surface area contributed by atoms with Gasteiger partial charge in [-0.1, -0.05) is 30.9 Å². The molecule has 2 aromatic heterocycles. The number of anilines is 1. The maximum atomic E-state index is 12.5. The average molecular weight is 435 g/mol. The number of thiazole rings is 1. The summed E-state index contributed by atoms with van der Waals surface area (Å²) in [5.74, 6) is 1.03. The summed E-state index contributed by atoms with van der Waals surface area (Å²) < 4.78 is 2.04. The molecule has 7 heteroatoms. The molecule has 138 valence electrons. The van der Waals surface area contributed by atoms with E-state index < -0.39 is 0 Å². The molecule has 3 heterocycles. The maximum Gasteiger partial charge on any atom is 0.275 e. The predicted molar refractivity (Wildman–Crippen MR) is 113 cm³/mol. The summed E-state index contributed by atoms with van der Waals surface area (Å²) >= 11 is 4.88. The fraction of sp³-hybridized carbons (Fsp3) is 0.368. The molecule has 26 heavy (non-hydrogen) atoms. The third-order valence-electron chi connectivity index (χ3n) is 4.53. The highest BCUT2D eigenvalue weighted by Gasteiger charge is 2.27. The van der Waals surface area contributed by atoms with Crippen molar-refractivity contribution in [1.82, 2.24) is 14.3 Å². The third kappa shape index (κ3) is 4.00. The first-order valence-corrected chi connectivity index (χ1v) is 10.3. The van der Waals surface area contributed by atoms with Gasteiger partial charge in [-0.15, -0.1) is 11.3 Å². The largest absolute Gasteiger partial charge is 0.365 e. The Morgan fingerprint density at radius 3 is 3.04 bits per heavy atom. The van der Waals surface area contributed by atoms with E-state index in [-0.39, 0.29) is 11.6 Å². The molecule has 0 amide bonds. The number of rotatable bonds is 5. The lowest BCUT2D eigenvalue weighted by Crippen LogP contribution is -2.45. The van der Waals surface area contributed by atoms with Crippen LogP contribution in [0.25, 0.3) is 4.96 Å². The molecule has 1 fully saturated rings. The van der Waals surface area contributed by atoms with Crippen molar-refractivity contribution in [2.24, 2.45) is 5.92 Å². The minimum atomic E-state index is -0.0828. The van der Waals surface area contributed by atoms with Crippen molar-refractivity contribution in [2.75, 3.05) is 25.5 Å². The predicted octanol–water partition coefficient (Wildman–Crippen LogP) is 3.94. The number of fused-ring (bicyclic) bond motifs is 1. The third-order valence-corrected chi connectivity index (χ3v) is 6.00. The van der Waals surface area contributed by atoms with Crippen LogP contribution in [-0.2, 0) is 0 Å². The van der Waals surface area contributed by atoms with E-state index in [1.165, 1.54) is 16.9 Å². The van der Waals surface area contributed by atoms with Crippen LogP contribution < -0.4 is 10.9 Å². The van der Waals surface area contributed by atoms with Gasteiger partial charge in [-0.2, -0.15) is 0 Å². The summed E-state index contributed by atoms with van der Waals surface area (Å²) in [6, 6.07) is 0.211.